The van der Waals surface area contributed by atoms with Crippen LogP contribution in [-0.2, 0) is 9.59 Å². The molecule has 11 heteroatoms. The Balaban J connectivity index is 1.40. The number of aromatic nitrogens is 4. The zero-order valence-electron chi connectivity index (χ0n) is 22.9. The molecule has 0 saturated heterocycles. The number of amides is 2. The predicted molar refractivity (Wildman–Crippen MR) is 163 cm³/mol. The van der Waals surface area contributed by atoms with Crippen molar-refractivity contribution in [2.45, 2.75) is 31.3 Å². The van der Waals surface area contributed by atoms with Gasteiger partial charge in [0.15, 0.2) is 5.16 Å². The topological polar surface area (TPSA) is 102 Å². The molecule has 0 aliphatic heterocycles. The smallest absolute Gasteiger partial charge is 0.267 e. The van der Waals surface area contributed by atoms with Crippen molar-refractivity contribution in [3.8, 4) is 5.69 Å². The van der Waals surface area contributed by atoms with Gasteiger partial charge in [-0.2, -0.15) is 0 Å². The Morgan fingerprint density at radius 1 is 1.02 bits per heavy atom. The summed E-state index contributed by atoms with van der Waals surface area (Å²) in [4.78, 5) is 40.4. The summed E-state index contributed by atoms with van der Waals surface area (Å²) in [6.45, 7) is 4.17. The fourth-order valence-corrected chi connectivity index (χ4v) is 5.55. The van der Waals surface area contributed by atoms with Gasteiger partial charge in [0, 0.05) is 7.05 Å². The first-order chi connectivity index (χ1) is 19.8. The molecule has 0 fully saturated rings. The molecule has 1 N–H and O–H groups in total. The van der Waals surface area contributed by atoms with Gasteiger partial charge in [-0.25, -0.2) is 4.57 Å². The summed E-state index contributed by atoms with van der Waals surface area (Å²) in [5.74, 6) is 0.160. The number of hydrogen-bond donors (Lipinski definition) is 1. The van der Waals surface area contributed by atoms with Gasteiger partial charge in [-0.05, 0) is 54.3 Å². The predicted octanol–water partition coefficient (Wildman–Crippen LogP) is 5.39. The number of nitrogens with zero attached hydrogens (tertiary/aromatic N) is 5. The fraction of sp³-hybridized carbons (Fsp3) is 0.233. The Labute approximate surface area is 246 Å². The number of fused-ring (bicyclic) bond motifs is 3. The van der Waals surface area contributed by atoms with Gasteiger partial charge in [0.25, 0.3) is 5.56 Å². The van der Waals surface area contributed by atoms with Crippen LogP contribution in [0.2, 0.25) is 5.02 Å². The molecule has 5 aromatic rings. The number of halogens is 1. The molecule has 0 aliphatic carbocycles. The van der Waals surface area contributed by atoms with Crippen LogP contribution < -0.4 is 10.9 Å². The van der Waals surface area contributed by atoms with Crippen molar-refractivity contribution in [2.75, 3.05) is 24.7 Å². The third-order valence-electron chi connectivity index (χ3n) is 7.01. The van der Waals surface area contributed by atoms with Crippen LogP contribution in [0.1, 0.15) is 31.7 Å². The number of thioether (sulfide) groups is 1. The lowest BCUT2D eigenvalue weighted by atomic mass is 9.98. The Morgan fingerprint density at radius 3 is 2.46 bits per heavy atom. The van der Waals surface area contributed by atoms with Gasteiger partial charge in [-0.3, -0.25) is 18.8 Å². The summed E-state index contributed by atoms with van der Waals surface area (Å²) in [6, 6.07) is 22.1. The number of rotatable bonds is 9. The second kappa shape index (κ2) is 12.2. The molecule has 0 bridgehead atoms. The van der Waals surface area contributed by atoms with E-state index < -0.39 is 0 Å². The van der Waals surface area contributed by atoms with Crippen molar-refractivity contribution >= 4 is 57.5 Å². The molecule has 2 aromatic heterocycles. The maximum absolute atomic E-state index is 13.6. The van der Waals surface area contributed by atoms with Gasteiger partial charge >= 0.3 is 0 Å². The normalized spacial score (nSPS) is 12.0. The Kier molecular flexibility index (Phi) is 8.41. The van der Waals surface area contributed by atoms with Crippen molar-refractivity contribution in [1.29, 1.82) is 0 Å². The lowest BCUT2D eigenvalue weighted by molar-refractivity contribution is -0.131. The lowest BCUT2D eigenvalue weighted by Gasteiger charge is -2.17. The maximum atomic E-state index is 13.6. The molecule has 0 aliphatic rings. The number of carbonyl (C=O) groups is 2. The largest absolute Gasteiger partial charge is 0.336 e. The van der Waals surface area contributed by atoms with E-state index in [1.54, 1.807) is 46.3 Å². The average Bonchev–Trinajstić information content (AvgIpc) is 3.40. The Morgan fingerprint density at radius 2 is 1.73 bits per heavy atom. The van der Waals surface area contributed by atoms with Crippen LogP contribution in [0.4, 0.5) is 5.69 Å². The van der Waals surface area contributed by atoms with E-state index in [-0.39, 0.29) is 29.7 Å². The second-order valence-corrected chi connectivity index (χ2v) is 11.1. The SMILES string of the molecule is CCC(C)c1ccc(-n2c(=O)c3ccccc3n3c(SCC(=O)N(C)CC(=O)Nc4ccccc4Cl)nnc23)cc1. The van der Waals surface area contributed by atoms with Crippen molar-refractivity contribution in [3.05, 3.63) is 93.7 Å². The molecule has 0 saturated carbocycles. The number of anilines is 1. The van der Waals surface area contributed by atoms with E-state index >= 15 is 0 Å². The molecular formula is C30H29ClN6O3S. The summed E-state index contributed by atoms with van der Waals surface area (Å²) in [5.41, 5.74) is 2.81. The number of benzene rings is 3. The van der Waals surface area contributed by atoms with Crippen molar-refractivity contribution in [3.63, 3.8) is 0 Å². The first-order valence-corrected chi connectivity index (χ1v) is 14.5. The third-order valence-corrected chi connectivity index (χ3v) is 8.25. The standard InChI is InChI=1S/C30H29ClN6O3S/c1-4-19(2)20-13-15-21(16-14-20)36-28(40)22-9-5-8-12-25(22)37-29(36)33-34-30(37)41-18-27(39)35(3)17-26(38)32-24-11-7-6-10-23(24)31/h5-16,19H,4,17-18H2,1-3H3,(H,32,38). The van der Waals surface area contributed by atoms with Crippen LogP contribution in [0.25, 0.3) is 22.4 Å². The monoisotopic (exact) mass is 588 g/mol. The van der Waals surface area contributed by atoms with Crippen LogP contribution >= 0.6 is 23.4 Å². The van der Waals surface area contributed by atoms with E-state index in [9.17, 15) is 14.4 Å². The van der Waals surface area contributed by atoms with Crippen molar-refractivity contribution < 1.29 is 9.59 Å². The van der Waals surface area contributed by atoms with Gasteiger partial charge in [0.2, 0.25) is 17.6 Å². The van der Waals surface area contributed by atoms with Crippen LogP contribution in [-0.4, -0.2) is 55.2 Å². The highest BCUT2D eigenvalue weighted by Crippen LogP contribution is 2.25. The fourth-order valence-electron chi connectivity index (χ4n) is 4.48. The molecule has 41 heavy (non-hydrogen) atoms. The number of nitrogens with one attached hydrogen (secondary N) is 1. The van der Waals surface area contributed by atoms with E-state index in [1.165, 1.54) is 22.2 Å². The van der Waals surface area contributed by atoms with E-state index in [0.29, 0.717) is 44.2 Å². The van der Waals surface area contributed by atoms with Gasteiger partial charge in [-0.15, -0.1) is 10.2 Å². The molecule has 9 nitrogen and oxygen atoms in total. The first-order valence-electron chi connectivity index (χ1n) is 13.2. The van der Waals surface area contributed by atoms with E-state index in [4.69, 9.17) is 11.6 Å². The van der Waals surface area contributed by atoms with Crippen LogP contribution in [0.15, 0.2) is 82.7 Å². The first kappa shape index (κ1) is 28.4. The number of carbonyl (C=O) groups excluding carboxylic acids is 2. The highest BCUT2D eigenvalue weighted by Gasteiger charge is 2.20. The maximum Gasteiger partial charge on any atom is 0.267 e. The molecule has 2 heterocycles. The highest BCUT2D eigenvalue weighted by atomic mass is 35.5. The minimum Gasteiger partial charge on any atom is -0.336 e. The molecular weight excluding hydrogens is 560 g/mol. The van der Waals surface area contributed by atoms with Crippen molar-refractivity contribution in [1.82, 2.24) is 24.1 Å². The zero-order chi connectivity index (χ0) is 29.1. The molecule has 1 unspecified atom stereocenters. The van der Waals surface area contributed by atoms with E-state index in [2.05, 4.69) is 29.4 Å². The van der Waals surface area contributed by atoms with Crippen LogP contribution in [0.5, 0.6) is 0 Å². The average molecular weight is 589 g/mol. The van der Waals surface area contributed by atoms with Crippen molar-refractivity contribution in [2.24, 2.45) is 0 Å². The lowest BCUT2D eigenvalue weighted by Crippen LogP contribution is -2.36. The molecule has 0 radical (unpaired) electrons. The molecule has 210 valence electrons. The van der Waals surface area contributed by atoms with Gasteiger partial charge < -0.3 is 10.2 Å². The van der Waals surface area contributed by atoms with Gasteiger partial charge in [0.1, 0.15) is 0 Å². The summed E-state index contributed by atoms with van der Waals surface area (Å²) < 4.78 is 3.34. The summed E-state index contributed by atoms with van der Waals surface area (Å²) in [7, 11) is 1.56. The summed E-state index contributed by atoms with van der Waals surface area (Å²) in [6.07, 6.45) is 1.02. The minimum absolute atomic E-state index is 0.0216. The molecule has 1 atom stereocenters. The summed E-state index contributed by atoms with van der Waals surface area (Å²) in [5, 5.41) is 12.8. The van der Waals surface area contributed by atoms with Crippen LogP contribution in [0.3, 0.4) is 0 Å². The Hall–Kier alpha value is -4.15. The highest BCUT2D eigenvalue weighted by molar-refractivity contribution is 7.99. The quantitative estimate of drug-likeness (QED) is 0.232. The molecule has 0 spiro atoms. The Bertz CT molecular complexity index is 1800. The zero-order valence-corrected chi connectivity index (χ0v) is 24.4. The number of para-hydroxylation sites is 2. The minimum atomic E-state index is -0.360. The van der Waals surface area contributed by atoms with Gasteiger partial charge in [-0.1, -0.05) is 73.6 Å². The number of hydrogen-bond acceptors (Lipinski definition) is 6. The van der Waals surface area contributed by atoms with Gasteiger partial charge in [0.05, 0.1) is 39.6 Å². The second-order valence-electron chi connectivity index (χ2n) is 9.74. The summed E-state index contributed by atoms with van der Waals surface area (Å²) >= 11 is 7.30. The van der Waals surface area contributed by atoms with Crippen LogP contribution in [0, 0.1) is 0 Å². The molecule has 5 rings (SSSR count). The third kappa shape index (κ3) is 5.84. The van der Waals surface area contributed by atoms with E-state index in [1.807, 2.05) is 42.5 Å². The molecule has 3 aromatic carbocycles. The molecule has 2 amide bonds. The number of likely N-dealkylation sites (N-methyl/N-ethyl adjacent to an activating group) is 1. The van der Waals surface area contributed by atoms with E-state index in [0.717, 1.165) is 6.42 Å².